The Morgan fingerprint density at radius 1 is 0.958 bits per heavy atom. The normalized spacial score (nSPS) is 14.8. The second-order valence-corrected chi connectivity index (χ2v) is 6.46. The maximum atomic E-state index is 12.2. The van der Waals surface area contributed by atoms with E-state index in [-0.39, 0.29) is 11.8 Å². The zero-order valence-corrected chi connectivity index (χ0v) is 14.4. The van der Waals surface area contributed by atoms with Gasteiger partial charge in [-0.05, 0) is 18.3 Å². The van der Waals surface area contributed by atoms with E-state index in [2.05, 4.69) is 10.6 Å². The first-order chi connectivity index (χ1) is 11.0. The predicted octanol–water partition coefficient (Wildman–Crippen LogP) is -0.455. The van der Waals surface area contributed by atoms with E-state index in [0.717, 1.165) is 0 Å². The van der Waals surface area contributed by atoms with Crippen molar-refractivity contribution < 1.29 is 29.4 Å². The molecule has 0 rings (SSSR count). The zero-order chi connectivity index (χ0) is 19.0. The van der Waals surface area contributed by atoms with Crippen LogP contribution in [0.5, 0.6) is 0 Å². The van der Waals surface area contributed by atoms with Gasteiger partial charge in [-0.15, -0.1) is 0 Å². The Balaban J connectivity index is 4.97. The lowest BCUT2D eigenvalue weighted by Gasteiger charge is -2.25. The lowest BCUT2D eigenvalue weighted by molar-refractivity contribution is -0.147. The number of carbonyl (C=O) groups excluding carboxylic acids is 2. The summed E-state index contributed by atoms with van der Waals surface area (Å²) in [6.45, 7) is 7.16. The molecule has 0 aromatic rings. The van der Waals surface area contributed by atoms with Crippen LogP contribution in [0.1, 0.15) is 40.5 Å². The van der Waals surface area contributed by atoms with Crippen LogP contribution in [0.4, 0.5) is 0 Å². The molecule has 0 unspecified atom stereocenters. The number of rotatable bonds is 10. The summed E-state index contributed by atoms with van der Waals surface area (Å²) >= 11 is 0. The highest BCUT2D eigenvalue weighted by atomic mass is 16.4. The van der Waals surface area contributed by atoms with Gasteiger partial charge >= 0.3 is 11.9 Å². The van der Waals surface area contributed by atoms with E-state index >= 15 is 0 Å². The lowest BCUT2D eigenvalue weighted by Crippen LogP contribution is -2.56. The Kier molecular flexibility index (Phi) is 8.97. The minimum atomic E-state index is -1.57. The number of carboxylic acid groups (broad SMARTS) is 2. The van der Waals surface area contributed by atoms with Crippen molar-refractivity contribution in [3.8, 4) is 0 Å². The topological polar surface area (TPSA) is 159 Å². The molecule has 3 atom stereocenters. The van der Waals surface area contributed by atoms with Crippen LogP contribution in [-0.4, -0.2) is 52.1 Å². The maximum absolute atomic E-state index is 12.2. The number of hydrogen-bond acceptors (Lipinski definition) is 5. The van der Waals surface area contributed by atoms with Gasteiger partial charge in [-0.2, -0.15) is 0 Å². The number of hydrogen-bond donors (Lipinski definition) is 5. The monoisotopic (exact) mass is 345 g/mol. The highest BCUT2D eigenvalue weighted by Gasteiger charge is 2.30. The first-order valence-corrected chi connectivity index (χ1v) is 7.76. The molecule has 0 aliphatic carbocycles. The van der Waals surface area contributed by atoms with E-state index in [1.165, 1.54) is 0 Å². The summed E-state index contributed by atoms with van der Waals surface area (Å²) in [7, 11) is 0. The molecule has 0 heterocycles. The number of nitrogens with two attached hydrogens (primary N) is 1. The second-order valence-electron chi connectivity index (χ2n) is 6.46. The van der Waals surface area contributed by atoms with E-state index < -0.39 is 48.3 Å². The third-order valence-electron chi connectivity index (χ3n) is 3.30. The van der Waals surface area contributed by atoms with Gasteiger partial charge in [-0.3, -0.25) is 14.4 Å². The summed E-state index contributed by atoms with van der Waals surface area (Å²) in [6.07, 6.45) is -0.318. The van der Waals surface area contributed by atoms with Crippen LogP contribution in [0.15, 0.2) is 0 Å². The number of aliphatic carboxylic acids is 2. The van der Waals surface area contributed by atoms with E-state index in [1.807, 2.05) is 13.8 Å². The lowest BCUT2D eigenvalue weighted by atomic mass is 10.00. The average molecular weight is 345 g/mol. The highest BCUT2D eigenvalue weighted by Crippen LogP contribution is 2.07. The van der Waals surface area contributed by atoms with Crippen molar-refractivity contribution in [2.75, 3.05) is 0 Å². The summed E-state index contributed by atoms with van der Waals surface area (Å²) < 4.78 is 0. The number of amides is 2. The molecule has 0 saturated heterocycles. The standard InChI is InChI=1S/C15H27N3O6/c1-7(2)5-9(16)13(21)18-12(8(3)4)14(22)17-10(15(23)24)6-11(19)20/h7-10,12H,5-6,16H2,1-4H3,(H,17,22)(H,18,21)(H,19,20)(H,23,24)/t9-,10-,12-/m0/s1. The molecule has 9 heteroatoms. The smallest absolute Gasteiger partial charge is 0.326 e. The van der Waals surface area contributed by atoms with Gasteiger partial charge in [0, 0.05) is 0 Å². The molecule has 0 aromatic heterocycles. The number of carboxylic acids is 2. The highest BCUT2D eigenvalue weighted by molar-refractivity contribution is 5.92. The molecule has 0 radical (unpaired) electrons. The Bertz CT molecular complexity index is 478. The third kappa shape index (κ3) is 7.91. The van der Waals surface area contributed by atoms with Gasteiger partial charge in [0.25, 0.3) is 0 Å². The fourth-order valence-electron chi connectivity index (χ4n) is 2.05. The van der Waals surface area contributed by atoms with Crippen molar-refractivity contribution in [2.45, 2.75) is 58.7 Å². The largest absolute Gasteiger partial charge is 0.481 e. The van der Waals surface area contributed by atoms with Crippen molar-refractivity contribution >= 4 is 23.8 Å². The van der Waals surface area contributed by atoms with Gasteiger partial charge in [0.1, 0.15) is 12.1 Å². The SMILES string of the molecule is CC(C)C[C@H](N)C(=O)N[C@H](C(=O)N[C@@H](CC(=O)O)C(=O)O)C(C)C. The Morgan fingerprint density at radius 3 is 1.88 bits per heavy atom. The molecule has 0 aliphatic heterocycles. The Labute approximate surface area is 141 Å². The third-order valence-corrected chi connectivity index (χ3v) is 3.30. The fraction of sp³-hybridized carbons (Fsp3) is 0.733. The first kappa shape index (κ1) is 21.8. The number of nitrogens with one attached hydrogen (secondary N) is 2. The molecule has 24 heavy (non-hydrogen) atoms. The summed E-state index contributed by atoms with van der Waals surface area (Å²) in [5, 5.41) is 22.3. The van der Waals surface area contributed by atoms with E-state index in [1.54, 1.807) is 13.8 Å². The maximum Gasteiger partial charge on any atom is 0.326 e. The van der Waals surface area contributed by atoms with E-state index in [4.69, 9.17) is 15.9 Å². The van der Waals surface area contributed by atoms with Crippen molar-refractivity contribution in [1.82, 2.24) is 10.6 Å². The molecule has 2 amide bonds. The van der Waals surface area contributed by atoms with Crippen LogP contribution in [0.3, 0.4) is 0 Å². The van der Waals surface area contributed by atoms with Crippen LogP contribution in [0, 0.1) is 11.8 Å². The van der Waals surface area contributed by atoms with Crippen molar-refractivity contribution in [1.29, 1.82) is 0 Å². The molecular weight excluding hydrogens is 318 g/mol. The fourth-order valence-corrected chi connectivity index (χ4v) is 2.05. The zero-order valence-electron chi connectivity index (χ0n) is 14.4. The summed E-state index contributed by atoms with van der Waals surface area (Å²) in [4.78, 5) is 46.0. The van der Waals surface area contributed by atoms with Crippen molar-refractivity contribution in [3.63, 3.8) is 0 Å². The van der Waals surface area contributed by atoms with Gasteiger partial charge < -0.3 is 26.6 Å². The molecule has 0 saturated carbocycles. The van der Waals surface area contributed by atoms with Crippen LogP contribution >= 0.6 is 0 Å². The van der Waals surface area contributed by atoms with Crippen molar-refractivity contribution in [2.24, 2.45) is 17.6 Å². The summed E-state index contributed by atoms with van der Waals surface area (Å²) in [6, 6.07) is -3.36. The van der Waals surface area contributed by atoms with Crippen LogP contribution in [-0.2, 0) is 19.2 Å². The molecular formula is C15H27N3O6. The molecule has 0 spiro atoms. The molecule has 138 valence electrons. The van der Waals surface area contributed by atoms with Crippen LogP contribution in [0.25, 0.3) is 0 Å². The van der Waals surface area contributed by atoms with Gasteiger partial charge in [-0.25, -0.2) is 4.79 Å². The van der Waals surface area contributed by atoms with E-state index in [9.17, 15) is 19.2 Å². The molecule has 6 N–H and O–H groups in total. The number of carbonyl (C=O) groups is 4. The van der Waals surface area contributed by atoms with E-state index in [0.29, 0.717) is 6.42 Å². The quantitative estimate of drug-likeness (QED) is 0.358. The minimum Gasteiger partial charge on any atom is -0.481 e. The molecule has 0 aromatic carbocycles. The average Bonchev–Trinajstić information content (AvgIpc) is 2.41. The van der Waals surface area contributed by atoms with Gasteiger partial charge in [0.05, 0.1) is 12.5 Å². The van der Waals surface area contributed by atoms with Crippen molar-refractivity contribution in [3.05, 3.63) is 0 Å². The predicted molar refractivity (Wildman–Crippen MR) is 86.0 cm³/mol. The first-order valence-electron chi connectivity index (χ1n) is 7.76. The molecule has 9 nitrogen and oxygen atoms in total. The Hall–Kier alpha value is -2.16. The Morgan fingerprint density at radius 2 is 1.50 bits per heavy atom. The molecule has 0 fully saturated rings. The van der Waals surface area contributed by atoms with Gasteiger partial charge in [0.2, 0.25) is 11.8 Å². The minimum absolute atomic E-state index is 0.198. The van der Waals surface area contributed by atoms with Crippen LogP contribution in [0.2, 0.25) is 0 Å². The summed E-state index contributed by atoms with van der Waals surface area (Å²) in [5.74, 6) is -4.22. The molecule has 0 aliphatic rings. The van der Waals surface area contributed by atoms with Crippen LogP contribution < -0.4 is 16.4 Å². The summed E-state index contributed by atoms with van der Waals surface area (Å²) in [5.41, 5.74) is 5.77. The second kappa shape index (κ2) is 9.86. The molecule has 0 bridgehead atoms. The van der Waals surface area contributed by atoms with Gasteiger partial charge in [0.15, 0.2) is 0 Å². The van der Waals surface area contributed by atoms with Gasteiger partial charge in [-0.1, -0.05) is 27.7 Å².